The number of halogens is 2. The molecule has 1 fully saturated rings. The number of anilines is 1. The van der Waals surface area contributed by atoms with Gasteiger partial charge in [-0.15, -0.1) is 0 Å². The zero-order valence-electron chi connectivity index (χ0n) is 9.79. The van der Waals surface area contributed by atoms with E-state index in [1.165, 1.54) is 6.07 Å². The lowest BCUT2D eigenvalue weighted by atomic mass is 10.3. The van der Waals surface area contributed by atoms with Crippen LogP contribution in [0.15, 0.2) is 22.7 Å². The van der Waals surface area contributed by atoms with Gasteiger partial charge in [0.1, 0.15) is 5.82 Å². The first-order valence-electron chi connectivity index (χ1n) is 5.72. The molecule has 0 aliphatic carbocycles. The number of rotatable bonds is 3. The van der Waals surface area contributed by atoms with Gasteiger partial charge < -0.3 is 15.0 Å². The van der Waals surface area contributed by atoms with Crippen LogP contribution in [0.4, 0.5) is 10.1 Å². The smallest absolute Gasteiger partial charge is 0.242 e. The highest BCUT2D eigenvalue weighted by molar-refractivity contribution is 9.10. The molecule has 0 atom stereocenters. The summed E-state index contributed by atoms with van der Waals surface area (Å²) in [6, 6.07) is 4.69. The molecule has 6 heteroatoms. The molecular weight excluding hydrogens is 303 g/mol. The highest BCUT2D eigenvalue weighted by Crippen LogP contribution is 2.24. The van der Waals surface area contributed by atoms with Gasteiger partial charge >= 0.3 is 0 Å². The average Bonchev–Trinajstić information content (AvgIpc) is 2.39. The van der Waals surface area contributed by atoms with Gasteiger partial charge in [-0.3, -0.25) is 4.79 Å². The Hall–Kier alpha value is -1.14. The summed E-state index contributed by atoms with van der Waals surface area (Å²) >= 11 is 3.25. The van der Waals surface area contributed by atoms with Crippen LogP contribution in [-0.4, -0.2) is 43.7 Å². The second-order valence-electron chi connectivity index (χ2n) is 3.94. The topological polar surface area (TPSA) is 41.6 Å². The number of carbonyl (C=O) groups is 1. The lowest BCUT2D eigenvalue weighted by molar-refractivity contribution is -0.133. The van der Waals surface area contributed by atoms with E-state index in [4.69, 9.17) is 4.74 Å². The summed E-state index contributed by atoms with van der Waals surface area (Å²) in [4.78, 5) is 13.6. The van der Waals surface area contributed by atoms with Gasteiger partial charge in [0, 0.05) is 17.6 Å². The number of benzene rings is 1. The van der Waals surface area contributed by atoms with Crippen LogP contribution < -0.4 is 5.32 Å². The molecule has 0 unspecified atom stereocenters. The maximum atomic E-state index is 13.5. The van der Waals surface area contributed by atoms with Gasteiger partial charge in [0.2, 0.25) is 5.91 Å². The lowest BCUT2D eigenvalue weighted by Gasteiger charge is -2.27. The van der Waals surface area contributed by atoms with E-state index < -0.39 is 0 Å². The maximum absolute atomic E-state index is 13.5. The molecule has 1 heterocycles. The molecule has 4 nitrogen and oxygen atoms in total. The summed E-state index contributed by atoms with van der Waals surface area (Å²) in [6.45, 7) is 2.40. The van der Waals surface area contributed by atoms with Crippen LogP contribution in [0.2, 0.25) is 0 Å². The second kappa shape index (κ2) is 6.15. The van der Waals surface area contributed by atoms with Crippen molar-refractivity contribution in [1.82, 2.24) is 4.90 Å². The average molecular weight is 317 g/mol. The summed E-state index contributed by atoms with van der Waals surface area (Å²) in [5.74, 6) is -0.424. The molecule has 98 valence electrons. The molecule has 1 amide bonds. The number of hydrogen-bond donors (Lipinski definition) is 1. The van der Waals surface area contributed by atoms with E-state index in [1.54, 1.807) is 17.0 Å². The minimum absolute atomic E-state index is 0.0477. The number of para-hydroxylation sites is 1. The van der Waals surface area contributed by atoms with Gasteiger partial charge in [-0.1, -0.05) is 6.07 Å². The van der Waals surface area contributed by atoms with E-state index in [1.807, 2.05) is 0 Å². The third kappa shape index (κ3) is 3.20. The molecule has 1 aromatic carbocycles. The fourth-order valence-corrected chi connectivity index (χ4v) is 2.24. The van der Waals surface area contributed by atoms with Crippen molar-refractivity contribution in [2.45, 2.75) is 0 Å². The summed E-state index contributed by atoms with van der Waals surface area (Å²) in [5, 5.41) is 2.82. The molecular formula is C12H14BrFN2O2. The first kappa shape index (κ1) is 13.3. The molecule has 0 saturated carbocycles. The molecule has 0 aromatic heterocycles. The summed E-state index contributed by atoms with van der Waals surface area (Å²) in [5.41, 5.74) is 0.319. The summed E-state index contributed by atoms with van der Waals surface area (Å²) < 4.78 is 19.3. The van der Waals surface area contributed by atoms with Gasteiger partial charge in [-0.25, -0.2) is 4.39 Å². The van der Waals surface area contributed by atoms with Gasteiger partial charge in [0.15, 0.2) is 0 Å². The van der Waals surface area contributed by atoms with Crippen LogP contribution in [-0.2, 0) is 9.53 Å². The molecule has 1 saturated heterocycles. The van der Waals surface area contributed by atoms with Crippen molar-refractivity contribution in [3.05, 3.63) is 28.5 Å². The van der Waals surface area contributed by atoms with Crippen molar-refractivity contribution < 1.29 is 13.9 Å². The first-order chi connectivity index (χ1) is 8.68. The van der Waals surface area contributed by atoms with E-state index in [0.29, 0.717) is 36.5 Å². The fraction of sp³-hybridized carbons (Fsp3) is 0.417. The van der Waals surface area contributed by atoms with E-state index >= 15 is 0 Å². The third-order valence-corrected chi connectivity index (χ3v) is 3.40. The number of carbonyl (C=O) groups excluding carboxylic acids is 1. The fourth-order valence-electron chi connectivity index (χ4n) is 1.76. The molecule has 0 bridgehead atoms. The van der Waals surface area contributed by atoms with Gasteiger partial charge in [-0.05, 0) is 28.1 Å². The Labute approximate surface area is 113 Å². The Morgan fingerprint density at radius 3 is 2.83 bits per heavy atom. The molecule has 1 aromatic rings. The zero-order chi connectivity index (χ0) is 13.0. The Bertz CT molecular complexity index is 416. The molecule has 2 rings (SSSR count). The van der Waals surface area contributed by atoms with Crippen molar-refractivity contribution >= 4 is 27.5 Å². The summed E-state index contributed by atoms with van der Waals surface area (Å²) in [6.07, 6.45) is 0. The number of nitrogens with zero attached hydrogens (tertiary/aromatic N) is 1. The normalized spacial score (nSPS) is 15.6. The quantitative estimate of drug-likeness (QED) is 0.925. The van der Waals surface area contributed by atoms with E-state index in [2.05, 4.69) is 21.2 Å². The third-order valence-electron chi connectivity index (χ3n) is 2.74. The maximum Gasteiger partial charge on any atom is 0.242 e. The SMILES string of the molecule is O=C(CNc1c(F)cccc1Br)N1CCOCC1. The minimum atomic E-state index is -0.376. The van der Waals surface area contributed by atoms with Crippen LogP contribution in [0.3, 0.4) is 0 Å². The monoisotopic (exact) mass is 316 g/mol. The number of nitrogens with one attached hydrogen (secondary N) is 1. The van der Waals surface area contributed by atoms with Crippen LogP contribution >= 0.6 is 15.9 Å². The molecule has 0 spiro atoms. The van der Waals surface area contributed by atoms with Crippen molar-refractivity contribution in [2.75, 3.05) is 38.2 Å². The Kier molecular flexibility index (Phi) is 4.54. The number of ether oxygens (including phenoxy) is 1. The zero-order valence-corrected chi connectivity index (χ0v) is 11.4. The molecule has 1 N–H and O–H groups in total. The van der Waals surface area contributed by atoms with Crippen LogP contribution in [0, 0.1) is 5.82 Å². The van der Waals surface area contributed by atoms with Crippen LogP contribution in [0.25, 0.3) is 0 Å². The van der Waals surface area contributed by atoms with Crippen molar-refractivity contribution in [3.8, 4) is 0 Å². The Morgan fingerprint density at radius 2 is 2.17 bits per heavy atom. The van der Waals surface area contributed by atoms with Crippen molar-refractivity contribution in [1.29, 1.82) is 0 Å². The predicted molar refractivity (Wildman–Crippen MR) is 70.0 cm³/mol. The molecule has 18 heavy (non-hydrogen) atoms. The number of morpholine rings is 1. The Balaban J connectivity index is 1.92. The van der Waals surface area contributed by atoms with Gasteiger partial charge in [0.25, 0.3) is 0 Å². The van der Waals surface area contributed by atoms with Crippen molar-refractivity contribution in [2.24, 2.45) is 0 Å². The molecule has 1 aliphatic rings. The highest BCUT2D eigenvalue weighted by Gasteiger charge is 2.17. The number of amides is 1. The van der Waals surface area contributed by atoms with E-state index in [-0.39, 0.29) is 18.3 Å². The van der Waals surface area contributed by atoms with E-state index in [9.17, 15) is 9.18 Å². The molecule has 1 aliphatic heterocycles. The molecule has 0 radical (unpaired) electrons. The summed E-state index contributed by atoms with van der Waals surface area (Å²) in [7, 11) is 0. The van der Waals surface area contributed by atoms with Crippen molar-refractivity contribution in [3.63, 3.8) is 0 Å². The van der Waals surface area contributed by atoms with Crippen LogP contribution in [0.1, 0.15) is 0 Å². The largest absolute Gasteiger partial charge is 0.378 e. The minimum Gasteiger partial charge on any atom is -0.378 e. The number of hydrogen-bond acceptors (Lipinski definition) is 3. The van der Waals surface area contributed by atoms with Gasteiger partial charge in [-0.2, -0.15) is 0 Å². The second-order valence-corrected chi connectivity index (χ2v) is 4.80. The van der Waals surface area contributed by atoms with Gasteiger partial charge in [0.05, 0.1) is 25.4 Å². The lowest BCUT2D eigenvalue weighted by Crippen LogP contribution is -2.43. The first-order valence-corrected chi connectivity index (χ1v) is 6.51. The highest BCUT2D eigenvalue weighted by atomic mass is 79.9. The Morgan fingerprint density at radius 1 is 1.44 bits per heavy atom. The predicted octanol–water partition coefficient (Wildman–Crippen LogP) is 1.86. The van der Waals surface area contributed by atoms with Crippen LogP contribution in [0.5, 0.6) is 0 Å². The van der Waals surface area contributed by atoms with E-state index in [0.717, 1.165) is 0 Å². The standard InChI is InChI=1S/C12H14BrFN2O2/c13-9-2-1-3-10(14)12(9)15-8-11(17)16-4-6-18-7-5-16/h1-3,15H,4-8H2.